The summed E-state index contributed by atoms with van der Waals surface area (Å²) in [6, 6.07) is 0. The van der Waals surface area contributed by atoms with Crippen LogP contribution in [0.1, 0.15) is 13.8 Å². The maximum absolute atomic E-state index is 4.24. The standard InChI is InChI=1S/C12H24N2S/c1-11(2)8-13-4-6-14(7-5-13)9-12(3)10-15/h11,15H,3-10H2,1-2H3. The van der Waals surface area contributed by atoms with Crippen molar-refractivity contribution in [3.8, 4) is 0 Å². The second-order valence-electron chi connectivity index (χ2n) is 4.88. The molecule has 1 rings (SSSR count). The Labute approximate surface area is 99.7 Å². The number of hydrogen-bond acceptors (Lipinski definition) is 3. The van der Waals surface area contributed by atoms with Crippen LogP contribution in [0.4, 0.5) is 0 Å². The lowest BCUT2D eigenvalue weighted by Crippen LogP contribution is -2.47. The summed E-state index contributed by atoms with van der Waals surface area (Å²) < 4.78 is 0. The minimum Gasteiger partial charge on any atom is -0.301 e. The molecule has 0 aromatic carbocycles. The lowest BCUT2D eigenvalue weighted by molar-refractivity contribution is 0.129. The number of hydrogen-bond donors (Lipinski definition) is 1. The predicted octanol–water partition coefficient (Wildman–Crippen LogP) is 1.75. The minimum atomic E-state index is 0.781. The molecule has 0 N–H and O–H groups in total. The van der Waals surface area contributed by atoms with Crippen molar-refractivity contribution in [2.45, 2.75) is 13.8 Å². The predicted molar refractivity (Wildman–Crippen MR) is 70.7 cm³/mol. The van der Waals surface area contributed by atoms with Crippen LogP contribution in [0.25, 0.3) is 0 Å². The van der Waals surface area contributed by atoms with Crippen LogP contribution in [0.15, 0.2) is 12.2 Å². The van der Waals surface area contributed by atoms with Crippen molar-refractivity contribution in [1.82, 2.24) is 9.80 Å². The molecule has 1 saturated heterocycles. The fourth-order valence-corrected chi connectivity index (χ4v) is 2.11. The first-order valence-electron chi connectivity index (χ1n) is 5.84. The largest absolute Gasteiger partial charge is 0.301 e. The zero-order valence-electron chi connectivity index (χ0n) is 10.1. The summed E-state index contributed by atoms with van der Waals surface area (Å²) in [6.45, 7) is 15.6. The third-order valence-corrected chi connectivity index (χ3v) is 3.21. The maximum Gasteiger partial charge on any atom is 0.0199 e. The molecule has 0 radical (unpaired) electrons. The van der Waals surface area contributed by atoms with Gasteiger partial charge in [-0.15, -0.1) is 0 Å². The van der Waals surface area contributed by atoms with Gasteiger partial charge >= 0.3 is 0 Å². The van der Waals surface area contributed by atoms with E-state index >= 15 is 0 Å². The number of nitrogens with zero attached hydrogens (tertiary/aromatic N) is 2. The van der Waals surface area contributed by atoms with Crippen LogP contribution in [0.2, 0.25) is 0 Å². The number of piperazine rings is 1. The zero-order chi connectivity index (χ0) is 11.3. The van der Waals surface area contributed by atoms with Gasteiger partial charge in [0.15, 0.2) is 0 Å². The second kappa shape index (κ2) is 6.56. The van der Waals surface area contributed by atoms with Crippen molar-refractivity contribution in [2.24, 2.45) is 5.92 Å². The quantitative estimate of drug-likeness (QED) is 0.566. The molecule has 1 aliphatic heterocycles. The summed E-state index contributed by atoms with van der Waals surface area (Å²) >= 11 is 4.24. The summed E-state index contributed by atoms with van der Waals surface area (Å²) in [5.74, 6) is 1.59. The van der Waals surface area contributed by atoms with E-state index in [0.29, 0.717) is 0 Å². The number of thiol groups is 1. The second-order valence-corrected chi connectivity index (χ2v) is 5.19. The van der Waals surface area contributed by atoms with E-state index in [0.717, 1.165) is 18.2 Å². The van der Waals surface area contributed by atoms with Gasteiger partial charge in [0.1, 0.15) is 0 Å². The Hall–Kier alpha value is 0.01000. The van der Waals surface area contributed by atoms with Crippen molar-refractivity contribution in [3.63, 3.8) is 0 Å². The average molecular weight is 228 g/mol. The third-order valence-electron chi connectivity index (χ3n) is 2.76. The first kappa shape index (κ1) is 13.1. The molecular formula is C12H24N2S. The van der Waals surface area contributed by atoms with E-state index < -0.39 is 0 Å². The van der Waals surface area contributed by atoms with Crippen LogP contribution in [0.3, 0.4) is 0 Å². The first-order chi connectivity index (χ1) is 7.11. The van der Waals surface area contributed by atoms with Crippen LogP contribution in [-0.2, 0) is 0 Å². The molecule has 0 unspecified atom stereocenters. The summed E-state index contributed by atoms with van der Waals surface area (Å²) in [5.41, 5.74) is 1.23. The molecule has 0 bridgehead atoms. The molecule has 1 fully saturated rings. The fourth-order valence-electron chi connectivity index (χ4n) is 2.01. The number of rotatable bonds is 5. The Balaban J connectivity index is 2.20. The smallest absolute Gasteiger partial charge is 0.0199 e. The molecule has 1 heterocycles. The van der Waals surface area contributed by atoms with Crippen molar-refractivity contribution < 1.29 is 0 Å². The van der Waals surface area contributed by atoms with Crippen molar-refractivity contribution >= 4 is 12.6 Å². The van der Waals surface area contributed by atoms with Gasteiger partial charge < -0.3 is 4.90 Å². The molecule has 0 spiro atoms. The van der Waals surface area contributed by atoms with E-state index in [-0.39, 0.29) is 0 Å². The molecule has 0 aromatic heterocycles. The molecule has 0 aliphatic carbocycles. The first-order valence-corrected chi connectivity index (χ1v) is 6.47. The van der Waals surface area contributed by atoms with Gasteiger partial charge in [0.25, 0.3) is 0 Å². The van der Waals surface area contributed by atoms with Gasteiger partial charge in [-0.25, -0.2) is 0 Å². The molecule has 0 saturated carbocycles. The molecule has 1 aliphatic rings. The third kappa shape index (κ3) is 5.05. The van der Waals surface area contributed by atoms with E-state index in [2.05, 4.69) is 42.9 Å². The van der Waals surface area contributed by atoms with Gasteiger partial charge in [-0.1, -0.05) is 26.0 Å². The highest BCUT2D eigenvalue weighted by Gasteiger charge is 2.17. The fraction of sp³-hybridized carbons (Fsp3) is 0.833. The van der Waals surface area contributed by atoms with E-state index in [1.807, 2.05) is 0 Å². The maximum atomic E-state index is 4.24. The van der Waals surface area contributed by atoms with Gasteiger partial charge in [0, 0.05) is 45.0 Å². The summed E-state index contributed by atoms with van der Waals surface area (Å²) in [5, 5.41) is 0. The summed E-state index contributed by atoms with van der Waals surface area (Å²) in [6.07, 6.45) is 0. The molecule has 3 heteroatoms. The molecule has 88 valence electrons. The normalized spacial score (nSPS) is 19.7. The monoisotopic (exact) mass is 228 g/mol. The summed E-state index contributed by atoms with van der Waals surface area (Å²) in [4.78, 5) is 5.04. The van der Waals surface area contributed by atoms with Crippen LogP contribution >= 0.6 is 12.6 Å². The lowest BCUT2D eigenvalue weighted by atomic mass is 10.2. The highest BCUT2D eigenvalue weighted by Crippen LogP contribution is 2.07. The van der Waals surface area contributed by atoms with Crippen molar-refractivity contribution in [2.75, 3.05) is 45.0 Å². The Bertz CT molecular complexity index is 196. The highest BCUT2D eigenvalue weighted by atomic mass is 32.1. The Morgan fingerprint density at radius 2 is 1.73 bits per heavy atom. The van der Waals surface area contributed by atoms with Crippen LogP contribution in [0, 0.1) is 5.92 Å². The zero-order valence-corrected chi connectivity index (χ0v) is 11.0. The molecule has 15 heavy (non-hydrogen) atoms. The van der Waals surface area contributed by atoms with Gasteiger partial charge in [0.2, 0.25) is 0 Å². The van der Waals surface area contributed by atoms with Crippen molar-refractivity contribution in [1.29, 1.82) is 0 Å². The molecule has 0 amide bonds. The summed E-state index contributed by atoms with van der Waals surface area (Å²) in [7, 11) is 0. The Morgan fingerprint density at radius 3 is 2.20 bits per heavy atom. The van der Waals surface area contributed by atoms with Gasteiger partial charge in [-0.05, 0) is 5.92 Å². The Morgan fingerprint density at radius 1 is 1.20 bits per heavy atom. The Kier molecular flexibility index (Phi) is 5.72. The lowest BCUT2D eigenvalue weighted by Gasteiger charge is -2.35. The molecule has 2 nitrogen and oxygen atoms in total. The van der Waals surface area contributed by atoms with Gasteiger partial charge in [-0.3, -0.25) is 4.90 Å². The SMILES string of the molecule is C=C(CS)CN1CCN(CC(C)C)CC1. The van der Waals surface area contributed by atoms with E-state index in [9.17, 15) is 0 Å². The van der Waals surface area contributed by atoms with E-state index in [1.165, 1.54) is 38.3 Å². The molecular weight excluding hydrogens is 204 g/mol. The molecule has 0 aromatic rings. The molecule has 0 atom stereocenters. The topological polar surface area (TPSA) is 6.48 Å². The average Bonchev–Trinajstić information content (AvgIpc) is 2.20. The minimum absolute atomic E-state index is 0.781. The highest BCUT2D eigenvalue weighted by molar-refractivity contribution is 7.80. The van der Waals surface area contributed by atoms with E-state index in [1.54, 1.807) is 0 Å². The van der Waals surface area contributed by atoms with Gasteiger partial charge in [0.05, 0.1) is 0 Å². The van der Waals surface area contributed by atoms with Gasteiger partial charge in [-0.2, -0.15) is 12.6 Å². The van der Waals surface area contributed by atoms with Crippen LogP contribution in [0.5, 0.6) is 0 Å². The van der Waals surface area contributed by atoms with E-state index in [4.69, 9.17) is 0 Å². The van der Waals surface area contributed by atoms with Crippen molar-refractivity contribution in [3.05, 3.63) is 12.2 Å². The van der Waals surface area contributed by atoms with Crippen LogP contribution in [-0.4, -0.2) is 54.8 Å². The van der Waals surface area contributed by atoms with Crippen LogP contribution < -0.4 is 0 Å².